The Bertz CT molecular complexity index is 848. The van der Waals surface area contributed by atoms with Crippen molar-refractivity contribution in [1.82, 2.24) is 0 Å². The third-order valence-electron chi connectivity index (χ3n) is 6.55. The van der Waals surface area contributed by atoms with Crippen LogP contribution in [0, 0.1) is 0 Å². The van der Waals surface area contributed by atoms with Crippen LogP contribution in [0.4, 0.5) is 0 Å². The minimum atomic E-state index is 0.461. The number of hydrogen-bond donors (Lipinski definition) is 0. The van der Waals surface area contributed by atoms with Gasteiger partial charge in [0.1, 0.15) is 0 Å². The Hall–Kier alpha value is -2.42. The van der Waals surface area contributed by atoms with E-state index in [0.717, 1.165) is 32.7 Å². The van der Waals surface area contributed by atoms with Crippen molar-refractivity contribution in [2.75, 3.05) is 26.9 Å². The predicted octanol–water partition coefficient (Wildman–Crippen LogP) is 8.61. The minimum absolute atomic E-state index is 0.461. The molecule has 3 aromatic carbocycles. The van der Waals surface area contributed by atoms with Gasteiger partial charge in [-0.3, -0.25) is 0 Å². The van der Waals surface area contributed by atoms with Gasteiger partial charge in [0.15, 0.2) is 0 Å². The monoisotopic (exact) mass is 460 g/mol. The molecule has 0 saturated carbocycles. The highest BCUT2D eigenvalue weighted by Gasteiger charge is 2.10. The number of hydrogen-bond acceptors (Lipinski definition) is 2. The average molecular weight is 461 g/mol. The molecule has 184 valence electrons. The highest BCUT2D eigenvalue weighted by atomic mass is 16.5. The smallest absolute Gasteiger partial charge is 0.0532 e. The van der Waals surface area contributed by atoms with E-state index in [-0.39, 0.29) is 0 Å². The Morgan fingerprint density at radius 1 is 0.588 bits per heavy atom. The van der Waals surface area contributed by atoms with Gasteiger partial charge < -0.3 is 9.47 Å². The first-order chi connectivity index (χ1) is 16.7. The third kappa shape index (κ3) is 10.2. The van der Waals surface area contributed by atoms with E-state index in [0.29, 0.717) is 17.8 Å². The van der Waals surface area contributed by atoms with Crippen LogP contribution in [0.3, 0.4) is 0 Å². The van der Waals surface area contributed by atoms with E-state index < -0.39 is 0 Å². The summed E-state index contributed by atoms with van der Waals surface area (Å²) in [5.74, 6) is 1.72. The summed E-state index contributed by atoms with van der Waals surface area (Å²) in [4.78, 5) is 0. The Kier molecular flexibility index (Phi) is 14.0. The lowest BCUT2D eigenvalue weighted by atomic mass is 9.94. The maximum Gasteiger partial charge on any atom is 0.0532 e. The predicted molar refractivity (Wildman–Crippen MR) is 146 cm³/mol. The van der Waals surface area contributed by atoms with Gasteiger partial charge in [0.05, 0.1) is 6.61 Å². The molecule has 0 aliphatic rings. The maximum atomic E-state index is 5.90. The summed E-state index contributed by atoms with van der Waals surface area (Å²) in [6, 6.07) is 32.0. The zero-order valence-electron chi connectivity index (χ0n) is 21.7. The van der Waals surface area contributed by atoms with Gasteiger partial charge in [-0.2, -0.15) is 0 Å². The molecule has 0 aliphatic carbocycles. The maximum absolute atomic E-state index is 5.90. The molecule has 0 spiro atoms. The van der Waals surface area contributed by atoms with Crippen molar-refractivity contribution in [3.63, 3.8) is 0 Å². The van der Waals surface area contributed by atoms with Crippen LogP contribution in [0.2, 0.25) is 0 Å². The number of benzene rings is 3. The average Bonchev–Trinajstić information content (AvgIpc) is 2.91. The largest absolute Gasteiger partial charge is 0.385 e. The van der Waals surface area contributed by atoms with Crippen molar-refractivity contribution in [1.29, 1.82) is 0 Å². The highest BCUT2D eigenvalue weighted by molar-refractivity contribution is 5.20. The van der Waals surface area contributed by atoms with Gasteiger partial charge in [-0.1, -0.05) is 112 Å². The summed E-state index contributed by atoms with van der Waals surface area (Å²) in [5.41, 5.74) is 4.22. The lowest BCUT2D eigenvalue weighted by Crippen LogP contribution is -2.08. The van der Waals surface area contributed by atoms with Crippen LogP contribution in [0.15, 0.2) is 91.0 Å². The molecular formula is C32H44O2. The van der Waals surface area contributed by atoms with Crippen LogP contribution in [0.5, 0.6) is 0 Å². The van der Waals surface area contributed by atoms with Gasteiger partial charge in [-0.25, -0.2) is 0 Å². The van der Waals surface area contributed by atoms with Gasteiger partial charge >= 0.3 is 0 Å². The first kappa shape index (κ1) is 27.8. The molecule has 3 unspecified atom stereocenters. The molecule has 3 atom stereocenters. The fourth-order valence-electron chi connectivity index (χ4n) is 4.29. The molecule has 0 heterocycles. The van der Waals surface area contributed by atoms with Crippen LogP contribution in [0.1, 0.15) is 80.9 Å². The molecule has 0 aromatic heterocycles. The summed E-state index contributed by atoms with van der Waals surface area (Å²) >= 11 is 0. The summed E-state index contributed by atoms with van der Waals surface area (Å²) in [7, 11) is 1.76. The standard InChI is InChI=1S/C20H26O.C12H18O/c1-3-18(20-12-8-5-9-13-20)14-15-21-16-17(2)19-10-6-4-7-11-19;1-3-11(9-10-13-2)12-7-5-4-6-8-12/h4-13,17-18H,3,14-16H2,1-2H3;4-8,11H,3,9-10H2,1-2H3. The topological polar surface area (TPSA) is 18.5 Å². The fourth-order valence-corrected chi connectivity index (χ4v) is 4.29. The highest BCUT2D eigenvalue weighted by Crippen LogP contribution is 2.24. The van der Waals surface area contributed by atoms with Crippen molar-refractivity contribution >= 4 is 0 Å². The van der Waals surface area contributed by atoms with Crippen LogP contribution < -0.4 is 0 Å². The molecule has 0 radical (unpaired) electrons. The van der Waals surface area contributed by atoms with Crippen molar-refractivity contribution in [3.8, 4) is 0 Å². The summed E-state index contributed by atoms with van der Waals surface area (Å²) in [6.45, 7) is 9.20. The SMILES string of the molecule is CCC(CCOC)c1ccccc1.CCC(CCOCC(C)c1ccccc1)c1ccccc1. The molecule has 0 N–H and O–H groups in total. The van der Waals surface area contributed by atoms with Gasteiger partial charge in [-0.15, -0.1) is 0 Å². The minimum Gasteiger partial charge on any atom is -0.385 e. The fraction of sp³-hybridized carbons (Fsp3) is 0.438. The molecule has 3 aromatic rings. The molecule has 2 heteroatoms. The van der Waals surface area contributed by atoms with E-state index in [9.17, 15) is 0 Å². The van der Waals surface area contributed by atoms with E-state index in [1.807, 2.05) is 0 Å². The first-order valence-corrected chi connectivity index (χ1v) is 12.9. The molecular weight excluding hydrogens is 416 g/mol. The summed E-state index contributed by atoms with van der Waals surface area (Å²) in [5, 5.41) is 0. The van der Waals surface area contributed by atoms with Crippen LogP contribution in [-0.2, 0) is 9.47 Å². The van der Waals surface area contributed by atoms with Crippen LogP contribution in [0.25, 0.3) is 0 Å². The molecule has 0 amide bonds. The van der Waals surface area contributed by atoms with Crippen molar-refractivity contribution in [2.24, 2.45) is 0 Å². The Morgan fingerprint density at radius 2 is 1.00 bits per heavy atom. The van der Waals surface area contributed by atoms with Gasteiger partial charge in [0, 0.05) is 26.2 Å². The molecule has 2 nitrogen and oxygen atoms in total. The molecule has 3 rings (SSSR count). The third-order valence-corrected chi connectivity index (χ3v) is 6.55. The molecule has 0 aliphatic heterocycles. The van der Waals surface area contributed by atoms with Crippen LogP contribution in [-0.4, -0.2) is 26.9 Å². The van der Waals surface area contributed by atoms with E-state index in [1.165, 1.54) is 29.5 Å². The van der Waals surface area contributed by atoms with Crippen molar-refractivity contribution in [3.05, 3.63) is 108 Å². The number of ether oxygens (including phenoxy) is 2. The molecule has 0 bridgehead atoms. The normalized spacial score (nSPS) is 13.4. The first-order valence-electron chi connectivity index (χ1n) is 12.9. The number of rotatable bonds is 13. The van der Waals surface area contributed by atoms with E-state index >= 15 is 0 Å². The Morgan fingerprint density at radius 3 is 1.41 bits per heavy atom. The van der Waals surface area contributed by atoms with Crippen LogP contribution >= 0.6 is 0 Å². The lowest BCUT2D eigenvalue weighted by molar-refractivity contribution is 0.116. The lowest BCUT2D eigenvalue weighted by Gasteiger charge is -2.17. The van der Waals surface area contributed by atoms with Gasteiger partial charge in [0.2, 0.25) is 0 Å². The Labute approximate surface area is 208 Å². The molecule has 34 heavy (non-hydrogen) atoms. The van der Waals surface area contributed by atoms with E-state index in [4.69, 9.17) is 9.47 Å². The van der Waals surface area contributed by atoms with E-state index in [1.54, 1.807) is 7.11 Å². The zero-order chi connectivity index (χ0) is 24.4. The van der Waals surface area contributed by atoms with E-state index in [2.05, 4.69) is 112 Å². The quantitative estimate of drug-likeness (QED) is 0.238. The second-order valence-electron chi connectivity index (χ2n) is 8.99. The van der Waals surface area contributed by atoms with Crippen molar-refractivity contribution in [2.45, 2.75) is 64.2 Å². The molecule has 0 saturated heterocycles. The summed E-state index contributed by atoms with van der Waals surface area (Å²) in [6.07, 6.45) is 4.58. The summed E-state index contributed by atoms with van der Waals surface area (Å²) < 4.78 is 11.0. The number of methoxy groups -OCH3 is 1. The zero-order valence-corrected chi connectivity index (χ0v) is 21.7. The van der Waals surface area contributed by atoms with Crippen molar-refractivity contribution < 1.29 is 9.47 Å². The van der Waals surface area contributed by atoms with Gasteiger partial charge in [-0.05, 0) is 54.2 Å². The second kappa shape index (κ2) is 17.1. The molecule has 0 fully saturated rings. The Balaban J connectivity index is 0.000000270. The second-order valence-corrected chi connectivity index (χ2v) is 8.99. The van der Waals surface area contributed by atoms with Gasteiger partial charge in [0.25, 0.3) is 0 Å².